The maximum Gasteiger partial charge on any atom is 0.354 e. The van der Waals surface area contributed by atoms with Gasteiger partial charge in [0.15, 0.2) is 11.3 Å². The number of hydrogen-bond acceptors (Lipinski definition) is 6. The summed E-state index contributed by atoms with van der Waals surface area (Å²) < 4.78 is 7.30. The zero-order valence-electron chi connectivity index (χ0n) is 20.3. The zero-order chi connectivity index (χ0) is 23.9. The third-order valence-electron chi connectivity index (χ3n) is 8.08. The number of aromatic carboxylic acids is 1. The number of aromatic nitrogens is 3. The summed E-state index contributed by atoms with van der Waals surface area (Å²) in [5, 5.41) is 16.0. The molecule has 1 aliphatic carbocycles. The number of pyridine rings is 1. The predicted molar refractivity (Wildman–Crippen MR) is 135 cm³/mol. The second kappa shape index (κ2) is 9.24. The number of carbonyl (C=O) groups is 1. The number of benzene rings is 1. The van der Waals surface area contributed by atoms with Crippen molar-refractivity contribution >= 4 is 22.7 Å². The summed E-state index contributed by atoms with van der Waals surface area (Å²) >= 11 is 0. The van der Waals surface area contributed by atoms with Crippen molar-refractivity contribution in [3.63, 3.8) is 0 Å². The topological polar surface area (TPSA) is 83.7 Å². The van der Waals surface area contributed by atoms with Gasteiger partial charge in [-0.05, 0) is 50.4 Å². The van der Waals surface area contributed by atoms with Gasteiger partial charge in [-0.1, -0.05) is 31.5 Å². The summed E-state index contributed by atoms with van der Waals surface area (Å²) in [4.78, 5) is 21.7. The zero-order valence-corrected chi connectivity index (χ0v) is 20.3. The van der Waals surface area contributed by atoms with Crippen molar-refractivity contribution in [3.8, 4) is 5.69 Å². The maximum absolute atomic E-state index is 12.1. The highest BCUT2D eigenvalue weighted by atomic mass is 16.5. The molecule has 1 aromatic carbocycles. The van der Waals surface area contributed by atoms with E-state index in [1.807, 2.05) is 35.0 Å². The first-order valence-electron chi connectivity index (χ1n) is 12.9. The predicted octanol–water partition coefficient (Wildman–Crippen LogP) is 4.08. The normalized spacial score (nSPS) is 19.8. The van der Waals surface area contributed by atoms with E-state index >= 15 is 0 Å². The summed E-state index contributed by atoms with van der Waals surface area (Å²) in [6.45, 7) is 6.74. The van der Waals surface area contributed by atoms with Gasteiger partial charge in [-0.2, -0.15) is 5.10 Å². The molecule has 1 N–H and O–H groups in total. The molecule has 35 heavy (non-hydrogen) atoms. The fourth-order valence-corrected chi connectivity index (χ4v) is 5.87. The van der Waals surface area contributed by atoms with Crippen LogP contribution in [0.15, 0.2) is 36.4 Å². The Morgan fingerprint density at radius 1 is 1.11 bits per heavy atom. The average Bonchev–Trinajstić information content (AvgIpc) is 3.19. The lowest BCUT2D eigenvalue weighted by Crippen LogP contribution is -2.55. The number of rotatable bonds is 7. The van der Waals surface area contributed by atoms with Crippen LogP contribution in [-0.2, 0) is 4.74 Å². The first kappa shape index (κ1) is 22.5. The number of anilines is 1. The Labute approximate surface area is 205 Å². The Kier molecular flexibility index (Phi) is 5.94. The number of nitrogens with zero attached hydrogens (tertiary/aromatic N) is 5. The van der Waals surface area contributed by atoms with Gasteiger partial charge in [-0.15, -0.1) is 0 Å². The van der Waals surface area contributed by atoms with Crippen LogP contribution < -0.4 is 4.90 Å². The Morgan fingerprint density at radius 2 is 1.86 bits per heavy atom. The molecule has 8 heteroatoms. The third-order valence-corrected chi connectivity index (χ3v) is 8.08. The lowest BCUT2D eigenvalue weighted by atomic mass is 9.82. The van der Waals surface area contributed by atoms with E-state index in [1.54, 1.807) is 6.07 Å². The van der Waals surface area contributed by atoms with Crippen LogP contribution in [0, 0.1) is 0 Å². The SMILES string of the molecule is CCN(C1CCN(c2cc(C(=O)O)nc3c2c(C2CCC2)nn3-c2ccccc2)CC1)C1COC1. The van der Waals surface area contributed by atoms with Crippen LogP contribution in [0.4, 0.5) is 5.69 Å². The second-order valence-electron chi connectivity index (χ2n) is 10.0. The van der Waals surface area contributed by atoms with Gasteiger partial charge in [0, 0.05) is 25.0 Å². The van der Waals surface area contributed by atoms with Gasteiger partial charge in [0.05, 0.1) is 41.7 Å². The van der Waals surface area contributed by atoms with Gasteiger partial charge in [-0.3, -0.25) is 4.90 Å². The summed E-state index contributed by atoms with van der Waals surface area (Å²) in [5.74, 6) is -0.596. The largest absolute Gasteiger partial charge is 0.477 e. The van der Waals surface area contributed by atoms with Gasteiger partial charge in [-0.25, -0.2) is 14.5 Å². The number of para-hydroxylation sites is 1. The van der Waals surface area contributed by atoms with Crippen molar-refractivity contribution in [1.29, 1.82) is 0 Å². The molecule has 0 unspecified atom stereocenters. The van der Waals surface area contributed by atoms with Gasteiger partial charge < -0.3 is 14.7 Å². The Bertz CT molecular complexity index is 1210. The summed E-state index contributed by atoms with van der Waals surface area (Å²) in [6, 6.07) is 12.8. The minimum atomic E-state index is -1.00. The van der Waals surface area contributed by atoms with Gasteiger partial charge in [0.2, 0.25) is 0 Å². The van der Waals surface area contributed by atoms with Crippen molar-refractivity contribution in [1.82, 2.24) is 19.7 Å². The van der Waals surface area contributed by atoms with Crippen molar-refractivity contribution in [2.75, 3.05) is 37.7 Å². The van der Waals surface area contributed by atoms with Crippen molar-refractivity contribution in [2.24, 2.45) is 0 Å². The lowest BCUT2D eigenvalue weighted by Gasteiger charge is -2.45. The molecule has 8 nitrogen and oxygen atoms in total. The van der Waals surface area contributed by atoms with E-state index in [4.69, 9.17) is 9.84 Å². The van der Waals surface area contributed by atoms with Gasteiger partial charge >= 0.3 is 5.97 Å². The lowest BCUT2D eigenvalue weighted by molar-refractivity contribution is -0.0803. The smallest absolute Gasteiger partial charge is 0.354 e. The number of hydrogen-bond donors (Lipinski definition) is 1. The summed E-state index contributed by atoms with van der Waals surface area (Å²) in [7, 11) is 0. The highest BCUT2D eigenvalue weighted by Crippen LogP contribution is 2.43. The molecule has 184 valence electrons. The standard InChI is InChI=1S/C27H33N5O3/c1-2-31(21-16-35-17-21)19-11-13-30(14-12-19)23-15-22(27(33)34)28-26-24(23)25(18-7-6-8-18)29-32(26)20-9-4-3-5-10-20/h3-5,9-10,15,18-19,21H,2,6-8,11-14,16-17H2,1H3,(H,33,34). The van der Waals surface area contributed by atoms with Crippen LogP contribution in [0.5, 0.6) is 0 Å². The van der Waals surface area contributed by atoms with E-state index in [-0.39, 0.29) is 5.69 Å². The van der Waals surface area contributed by atoms with E-state index in [0.29, 0.717) is 23.6 Å². The van der Waals surface area contributed by atoms with Crippen LogP contribution in [-0.4, -0.2) is 75.7 Å². The minimum Gasteiger partial charge on any atom is -0.477 e. The fraction of sp³-hybridized carbons (Fsp3) is 0.519. The van der Waals surface area contributed by atoms with Crippen LogP contribution in [0.25, 0.3) is 16.7 Å². The number of fused-ring (bicyclic) bond motifs is 1. The van der Waals surface area contributed by atoms with Crippen molar-refractivity contribution in [3.05, 3.63) is 47.8 Å². The van der Waals surface area contributed by atoms with Crippen LogP contribution in [0.3, 0.4) is 0 Å². The highest BCUT2D eigenvalue weighted by molar-refractivity contribution is 5.98. The van der Waals surface area contributed by atoms with E-state index < -0.39 is 5.97 Å². The molecule has 3 fully saturated rings. The number of carboxylic acids is 1. The minimum absolute atomic E-state index is 0.0775. The average molecular weight is 476 g/mol. The summed E-state index contributed by atoms with van der Waals surface area (Å²) in [6.07, 6.45) is 5.57. The molecule has 4 heterocycles. The molecule has 0 bridgehead atoms. The van der Waals surface area contributed by atoms with E-state index in [9.17, 15) is 9.90 Å². The molecule has 2 aromatic heterocycles. The molecule has 6 rings (SSSR count). The van der Waals surface area contributed by atoms with Crippen LogP contribution in [0.1, 0.15) is 61.1 Å². The number of carboxylic acid groups (broad SMARTS) is 1. The molecular weight excluding hydrogens is 442 g/mol. The summed E-state index contributed by atoms with van der Waals surface area (Å²) in [5.41, 5.74) is 3.68. The van der Waals surface area contributed by atoms with Gasteiger partial charge in [0.25, 0.3) is 0 Å². The first-order chi connectivity index (χ1) is 17.1. The fourth-order valence-electron chi connectivity index (χ4n) is 5.87. The monoisotopic (exact) mass is 475 g/mol. The molecular formula is C27H33N5O3. The van der Waals surface area contributed by atoms with Gasteiger partial charge in [0.1, 0.15) is 0 Å². The third kappa shape index (κ3) is 3.98. The number of ether oxygens (including phenoxy) is 1. The van der Waals surface area contributed by atoms with Crippen molar-refractivity contribution in [2.45, 2.75) is 57.0 Å². The Morgan fingerprint density at radius 3 is 2.43 bits per heavy atom. The second-order valence-corrected chi connectivity index (χ2v) is 10.0. The molecule has 3 aromatic rings. The molecule has 0 spiro atoms. The van der Waals surface area contributed by atoms with E-state index in [0.717, 1.165) is 81.0 Å². The van der Waals surface area contributed by atoms with Crippen LogP contribution in [0.2, 0.25) is 0 Å². The molecule has 2 saturated heterocycles. The quantitative estimate of drug-likeness (QED) is 0.551. The highest BCUT2D eigenvalue weighted by Gasteiger charge is 2.35. The molecule has 1 saturated carbocycles. The molecule has 2 aliphatic heterocycles. The molecule has 0 amide bonds. The van der Waals surface area contributed by atoms with Crippen LogP contribution >= 0.6 is 0 Å². The van der Waals surface area contributed by atoms with Crippen molar-refractivity contribution < 1.29 is 14.6 Å². The number of piperidine rings is 1. The first-order valence-corrected chi connectivity index (χ1v) is 12.9. The molecule has 0 radical (unpaired) electrons. The maximum atomic E-state index is 12.1. The Hall–Kier alpha value is -2.97. The number of likely N-dealkylation sites (N-methyl/N-ethyl adjacent to an activating group) is 1. The Balaban J connectivity index is 1.41. The molecule has 3 aliphatic rings. The van der Waals surface area contributed by atoms with E-state index in [1.165, 1.54) is 6.42 Å². The van der Waals surface area contributed by atoms with E-state index in [2.05, 4.69) is 21.7 Å². The molecule has 0 atom stereocenters.